The highest BCUT2D eigenvalue weighted by atomic mass is 127. The van der Waals surface area contributed by atoms with Gasteiger partial charge in [0.2, 0.25) is 5.75 Å². The van der Waals surface area contributed by atoms with Gasteiger partial charge in [-0.05, 0) is 45.0 Å². The fraction of sp³-hybridized carbons (Fsp3) is 0.650. The van der Waals surface area contributed by atoms with Crippen LogP contribution in [0, 0.1) is 0 Å². The minimum absolute atomic E-state index is 0. The summed E-state index contributed by atoms with van der Waals surface area (Å²) < 4.78 is 16.4. The average molecular weight is 506 g/mol. The number of hydrogen-bond acceptors (Lipinski definition) is 5. The number of methoxy groups -OCH3 is 3. The van der Waals surface area contributed by atoms with Crippen molar-refractivity contribution in [3.63, 3.8) is 0 Å². The molecule has 1 heterocycles. The predicted octanol–water partition coefficient (Wildman–Crippen LogP) is 2.87. The van der Waals surface area contributed by atoms with Crippen LogP contribution < -0.4 is 24.8 Å². The van der Waals surface area contributed by atoms with Crippen LogP contribution >= 0.6 is 24.0 Å². The van der Waals surface area contributed by atoms with Crippen molar-refractivity contribution < 1.29 is 14.2 Å². The number of hydrogen-bond donors (Lipinski definition) is 2. The van der Waals surface area contributed by atoms with Gasteiger partial charge in [-0.1, -0.05) is 6.92 Å². The molecule has 7 nitrogen and oxygen atoms in total. The molecular weight excluding hydrogens is 471 g/mol. The zero-order chi connectivity index (χ0) is 19.6. The summed E-state index contributed by atoms with van der Waals surface area (Å²) >= 11 is 0. The number of guanidine groups is 1. The summed E-state index contributed by atoms with van der Waals surface area (Å²) in [7, 11) is 4.86. The van der Waals surface area contributed by atoms with E-state index in [1.165, 1.54) is 19.4 Å². The van der Waals surface area contributed by atoms with Crippen LogP contribution in [0.3, 0.4) is 0 Å². The molecule has 1 saturated heterocycles. The number of ether oxygens (including phenoxy) is 3. The summed E-state index contributed by atoms with van der Waals surface area (Å²) in [4.78, 5) is 7.26. The fourth-order valence-corrected chi connectivity index (χ4v) is 3.55. The SMILES string of the molecule is CCNC(=NCc1ccc(OC)c(OC)c1OC)NCC1CCCN1CC.I. The first kappa shape index (κ1) is 24.6. The number of halogens is 1. The Kier molecular flexibility index (Phi) is 11.4. The molecule has 0 amide bonds. The van der Waals surface area contributed by atoms with Gasteiger partial charge in [-0.2, -0.15) is 0 Å². The third-order valence-electron chi connectivity index (χ3n) is 4.95. The molecule has 1 aliphatic heterocycles. The van der Waals surface area contributed by atoms with Crippen LogP contribution in [0.4, 0.5) is 0 Å². The minimum Gasteiger partial charge on any atom is -0.493 e. The van der Waals surface area contributed by atoms with Crippen molar-refractivity contribution >= 4 is 29.9 Å². The molecule has 2 N–H and O–H groups in total. The second-order valence-corrected chi connectivity index (χ2v) is 6.49. The van der Waals surface area contributed by atoms with Crippen LogP contribution in [-0.4, -0.2) is 64.4 Å². The van der Waals surface area contributed by atoms with Crippen molar-refractivity contribution in [3.05, 3.63) is 17.7 Å². The Morgan fingerprint density at radius 1 is 1.11 bits per heavy atom. The maximum atomic E-state index is 5.55. The highest BCUT2D eigenvalue weighted by Crippen LogP contribution is 2.39. The second kappa shape index (κ2) is 12.9. The average Bonchev–Trinajstić information content (AvgIpc) is 3.16. The van der Waals surface area contributed by atoms with Gasteiger partial charge >= 0.3 is 0 Å². The summed E-state index contributed by atoms with van der Waals surface area (Å²) in [5.74, 6) is 2.71. The van der Waals surface area contributed by atoms with Gasteiger partial charge < -0.3 is 24.8 Å². The summed E-state index contributed by atoms with van der Waals surface area (Å²) in [6.07, 6.45) is 2.51. The first-order chi connectivity index (χ1) is 13.2. The van der Waals surface area contributed by atoms with Crippen LogP contribution in [0.15, 0.2) is 17.1 Å². The number of nitrogens with zero attached hydrogens (tertiary/aromatic N) is 2. The van der Waals surface area contributed by atoms with Crippen molar-refractivity contribution in [1.82, 2.24) is 15.5 Å². The quantitative estimate of drug-likeness (QED) is 0.305. The number of likely N-dealkylation sites (N-methyl/N-ethyl adjacent to an activating group) is 1. The van der Waals surface area contributed by atoms with E-state index in [4.69, 9.17) is 19.2 Å². The first-order valence-electron chi connectivity index (χ1n) is 9.72. The van der Waals surface area contributed by atoms with Crippen molar-refractivity contribution in [2.24, 2.45) is 4.99 Å². The Labute approximate surface area is 186 Å². The van der Waals surface area contributed by atoms with Gasteiger partial charge in [0.1, 0.15) is 0 Å². The van der Waals surface area contributed by atoms with Crippen molar-refractivity contribution in [1.29, 1.82) is 0 Å². The fourth-order valence-electron chi connectivity index (χ4n) is 3.55. The molecule has 0 saturated carbocycles. The molecule has 1 aliphatic rings. The predicted molar refractivity (Wildman–Crippen MR) is 125 cm³/mol. The number of likely N-dealkylation sites (tertiary alicyclic amines) is 1. The normalized spacial score (nSPS) is 17.0. The molecule has 0 bridgehead atoms. The topological polar surface area (TPSA) is 67.4 Å². The maximum Gasteiger partial charge on any atom is 0.203 e. The Balaban J connectivity index is 0.00000392. The second-order valence-electron chi connectivity index (χ2n) is 6.49. The third kappa shape index (κ3) is 6.30. The molecule has 8 heteroatoms. The van der Waals surface area contributed by atoms with Gasteiger partial charge in [0.15, 0.2) is 17.5 Å². The van der Waals surface area contributed by atoms with E-state index in [1.54, 1.807) is 21.3 Å². The summed E-state index contributed by atoms with van der Waals surface area (Å²) in [6, 6.07) is 4.42. The van der Waals surface area contributed by atoms with Crippen LogP contribution in [0.1, 0.15) is 32.3 Å². The van der Waals surface area contributed by atoms with E-state index < -0.39 is 0 Å². The van der Waals surface area contributed by atoms with Gasteiger partial charge in [0.25, 0.3) is 0 Å². The highest BCUT2D eigenvalue weighted by Gasteiger charge is 2.22. The van der Waals surface area contributed by atoms with Crippen LogP contribution in [0.2, 0.25) is 0 Å². The largest absolute Gasteiger partial charge is 0.493 e. The standard InChI is InChI=1S/C20H34N4O3.HI/c1-6-21-20(23-14-16-9-8-12-24(16)7-2)22-13-15-10-11-17(25-3)19(27-5)18(15)26-4;/h10-11,16H,6-9,12-14H2,1-5H3,(H2,21,22,23);1H. The number of nitrogens with one attached hydrogen (secondary N) is 2. The van der Waals surface area contributed by atoms with E-state index in [-0.39, 0.29) is 24.0 Å². The lowest BCUT2D eigenvalue weighted by molar-refractivity contribution is 0.267. The molecular formula is C20H35IN4O3. The highest BCUT2D eigenvalue weighted by molar-refractivity contribution is 14.0. The molecule has 28 heavy (non-hydrogen) atoms. The number of benzene rings is 1. The van der Waals surface area contributed by atoms with E-state index >= 15 is 0 Å². The van der Waals surface area contributed by atoms with Crippen molar-refractivity contribution in [2.45, 2.75) is 39.3 Å². The van der Waals surface area contributed by atoms with Gasteiger partial charge in [0, 0.05) is 24.7 Å². The van der Waals surface area contributed by atoms with E-state index in [0.29, 0.717) is 29.8 Å². The summed E-state index contributed by atoms with van der Waals surface area (Å²) in [5, 5.41) is 6.81. The van der Waals surface area contributed by atoms with Crippen molar-refractivity contribution in [3.8, 4) is 17.2 Å². The molecule has 1 aromatic carbocycles. The zero-order valence-electron chi connectivity index (χ0n) is 17.7. The number of rotatable bonds is 9. The molecule has 1 atom stereocenters. The molecule has 1 unspecified atom stereocenters. The third-order valence-corrected chi connectivity index (χ3v) is 4.95. The van der Waals surface area contributed by atoms with E-state index in [9.17, 15) is 0 Å². The maximum absolute atomic E-state index is 5.55. The van der Waals surface area contributed by atoms with Crippen LogP contribution in [0.5, 0.6) is 17.2 Å². The lowest BCUT2D eigenvalue weighted by Crippen LogP contribution is -2.44. The Bertz CT molecular complexity index is 628. The molecule has 1 fully saturated rings. The molecule has 2 rings (SSSR count). The molecule has 0 aromatic heterocycles. The molecule has 1 aromatic rings. The van der Waals surface area contributed by atoms with Gasteiger partial charge in [-0.25, -0.2) is 4.99 Å². The Morgan fingerprint density at radius 3 is 2.46 bits per heavy atom. The zero-order valence-corrected chi connectivity index (χ0v) is 20.0. The lowest BCUT2D eigenvalue weighted by atomic mass is 10.1. The minimum atomic E-state index is 0. The molecule has 0 spiro atoms. The van der Waals surface area contributed by atoms with E-state index in [1.807, 2.05) is 12.1 Å². The van der Waals surface area contributed by atoms with Gasteiger partial charge in [-0.3, -0.25) is 4.90 Å². The van der Waals surface area contributed by atoms with E-state index in [0.717, 1.165) is 31.2 Å². The molecule has 0 aliphatic carbocycles. The molecule has 160 valence electrons. The lowest BCUT2D eigenvalue weighted by Gasteiger charge is -2.24. The monoisotopic (exact) mass is 506 g/mol. The van der Waals surface area contributed by atoms with Gasteiger partial charge in [-0.15, -0.1) is 24.0 Å². The Morgan fingerprint density at radius 2 is 1.86 bits per heavy atom. The summed E-state index contributed by atoms with van der Waals surface area (Å²) in [5.41, 5.74) is 0.948. The summed E-state index contributed by atoms with van der Waals surface area (Å²) in [6.45, 7) is 8.80. The van der Waals surface area contributed by atoms with Gasteiger partial charge in [0.05, 0.1) is 27.9 Å². The van der Waals surface area contributed by atoms with Crippen LogP contribution in [-0.2, 0) is 6.54 Å². The number of aliphatic imine (C=N–C) groups is 1. The van der Waals surface area contributed by atoms with E-state index in [2.05, 4.69) is 29.4 Å². The Hall–Kier alpha value is -1.42. The smallest absolute Gasteiger partial charge is 0.203 e. The first-order valence-corrected chi connectivity index (χ1v) is 9.72. The van der Waals surface area contributed by atoms with Crippen LogP contribution in [0.25, 0.3) is 0 Å². The molecule has 0 radical (unpaired) electrons. The van der Waals surface area contributed by atoms with Crippen molar-refractivity contribution in [2.75, 3.05) is 47.5 Å².